The van der Waals surface area contributed by atoms with Gasteiger partial charge in [-0.1, -0.05) is 11.6 Å². The van der Waals surface area contributed by atoms with E-state index in [9.17, 15) is 13.6 Å². The number of halogens is 3. The van der Waals surface area contributed by atoms with Crippen LogP contribution in [0.2, 0.25) is 5.02 Å². The highest BCUT2D eigenvalue weighted by Crippen LogP contribution is 2.10. The highest BCUT2D eigenvalue weighted by Gasteiger charge is 2.12. The van der Waals surface area contributed by atoms with E-state index in [1.54, 1.807) is 24.3 Å². The van der Waals surface area contributed by atoms with Crippen LogP contribution in [0.3, 0.4) is 0 Å². The summed E-state index contributed by atoms with van der Waals surface area (Å²) in [6.45, 7) is -0.425. The van der Waals surface area contributed by atoms with E-state index in [2.05, 4.69) is 0 Å². The highest BCUT2D eigenvalue weighted by atomic mass is 35.5. The fraction of sp³-hybridized carbons (Fsp3) is 0.364. The van der Waals surface area contributed by atoms with Gasteiger partial charge in [0, 0.05) is 10.6 Å². The Kier molecular flexibility index (Phi) is 4.83. The van der Waals surface area contributed by atoms with Gasteiger partial charge < -0.3 is 0 Å². The van der Waals surface area contributed by atoms with Crippen LogP contribution in [0.25, 0.3) is 0 Å². The minimum atomic E-state index is -2.43. The van der Waals surface area contributed by atoms with Crippen molar-refractivity contribution < 1.29 is 13.6 Å². The zero-order valence-corrected chi connectivity index (χ0v) is 9.55. The molecule has 0 unspecified atom stereocenters. The third-order valence-corrected chi connectivity index (χ3v) is 2.28. The molecule has 5 heteroatoms. The van der Waals surface area contributed by atoms with Gasteiger partial charge in [-0.15, -0.1) is 0 Å². The van der Waals surface area contributed by atoms with E-state index in [0.29, 0.717) is 10.6 Å². The number of hydrogen-bond acceptors (Lipinski definition) is 2. The van der Waals surface area contributed by atoms with Crippen molar-refractivity contribution in [3.63, 3.8) is 0 Å². The maximum Gasteiger partial charge on any atom is 0.251 e. The third kappa shape index (κ3) is 4.24. The summed E-state index contributed by atoms with van der Waals surface area (Å²) >= 11 is 5.67. The number of carbonyl (C=O) groups excluding carboxylic acids is 1. The number of hydrogen-bond donors (Lipinski definition) is 0. The van der Waals surface area contributed by atoms with E-state index in [4.69, 9.17) is 11.6 Å². The van der Waals surface area contributed by atoms with Crippen LogP contribution >= 0.6 is 11.6 Å². The molecule has 0 saturated carbocycles. The first-order chi connectivity index (χ1) is 7.49. The van der Waals surface area contributed by atoms with Crippen molar-refractivity contribution in [3.05, 3.63) is 34.9 Å². The topological polar surface area (TPSA) is 20.3 Å². The van der Waals surface area contributed by atoms with Crippen LogP contribution in [0, 0.1) is 0 Å². The Labute approximate surface area is 97.8 Å². The van der Waals surface area contributed by atoms with Crippen LogP contribution in [0.4, 0.5) is 8.78 Å². The summed E-state index contributed by atoms with van der Waals surface area (Å²) in [6.07, 6.45) is -2.43. The molecule has 0 aliphatic rings. The number of ketones is 1. The molecule has 0 amide bonds. The lowest BCUT2D eigenvalue weighted by molar-refractivity contribution is 0.0820. The summed E-state index contributed by atoms with van der Waals surface area (Å²) < 4.78 is 24.0. The molecule has 0 aliphatic carbocycles. The summed E-state index contributed by atoms with van der Waals surface area (Å²) in [4.78, 5) is 12.9. The fourth-order valence-electron chi connectivity index (χ4n) is 1.27. The third-order valence-electron chi connectivity index (χ3n) is 2.03. The van der Waals surface area contributed by atoms with Gasteiger partial charge in [-0.2, -0.15) is 0 Å². The minimum absolute atomic E-state index is 0.0219. The van der Waals surface area contributed by atoms with Crippen LogP contribution in [0.5, 0.6) is 0 Å². The molecular weight excluding hydrogens is 236 g/mol. The number of alkyl halides is 2. The molecule has 1 aromatic rings. The molecule has 0 saturated heterocycles. The van der Waals surface area contributed by atoms with Crippen molar-refractivity contribution in [1.29, 1.82) is 0 Å². The average molecular weight is 248 g/mol. The Balaban J connectivity index is 2.55. The van der Waals surface area contributed by atoms with Gasteiger partial charge in [-0.25, -0.2) is 8.78 Å². The first-order valence-corrected chi connectivity index (χ1v) is 5.12. The second kappa shape index (κ2) is 5.92. The molecule has 0 atom stereocenters. The maximum atomic E-state index is 12.0. The van der Waals surface area contributed by atoms with E-state index in [-0.39, 0.29) is 12.3 Å². The highest BCUT2D eigenvalue weighted by molar-refractivity contribution is 6.30. The predicted molar refractivity (Wildman–Crippen MR) is 59.3 cm³/mol. The van der Waals surface area contributed by atoms with Gasteiger partial charge >= 0.3 is 0 Å². The van der Waals surface area contributed by atoms with Crippen LogP contribution in [0.15, 0.2) is 24.3 Å². The van der Waals surface area contributed by atoms with Crippen molar-refractivity contribution in [2.45, 2.75) is 6.43 Å². The molecule has 0 bridgehead atoms. The van der Waals surface area contributed by atoms with Crippen molar-refractivity contribution in [2.75, 3.05) is 20.1 Å². The number of likely N-dealkylation sites (N-methyl/N-ethyl adjacent to an activating group) is 1. The number of carbonyl (C=O) groups is 1. The normalized spacial score (nSPS) is 11.1. The van der Waals surface area contributed by atoms with Crippen LogP contribution in [-0.4, -0.2) is 37.2 Å². The Bertz CT molecular complexity index is 354. The number of rotatable bonds is 5. The Morgan fingerprint density at radius 1 is 1.38 bits per heavy atom. The lowest BCUT2D eigenvalue weighted by Gasteiger charge is -2.14. The van der Waals surface area contributed by atoms with Gasteiger partial charge in [-0.3, -0.25) is 9.69 Å². The Hall–Kier alpha value is -1.00. The molecule has 0 spiro atoms. The smallest absolute Gasteiger partial charge is 0.251 e. The summed E-state index contributed by atoms with van der Waals surface area (Å²) in [5.74, 6) is -0.195. The Morgan fingerprint density at radius 2 is 1.94 bits per heavy atom. The molecular formula is C11H12ClF2NO. The second-order valence-corrected chi connectivity index (χ2v) is 3.95. The standard InChI is InChI=1S/C11H12ClF2NO/c1-15(7-11(13)14)6-10(16)8-2-4-9(12)5-3-8/h2-5,11H,6-7H2,1H3. The number of Topliss-reactive ketones (excluding diaryl/α,β-unsaturated/α-hetero) is 1. The fourth-order valence-corrected chi connectivity index (χ4v) is 1.40. The molecule has 0 radical (unpaired) electrons. The molecule has 1 rings (SSSR count). The quantitative estimate of drug-likeness (QED) is 0.746. The predicted octanol–water partition coefficient (Wildman–Crippen LogP) is 2.72. The van der Waals surface area contributed by atoms with E-state index < -0.39 is 13.0 Å². The largest absolute Gasteiger partial charge is 0.293 e. The van der Waals surface area contributed by atoms with E-state index in [0.717, 1.165) is 0 Å². The lowest BCUT2D eigenvalue weighted by Crippen LogP contribution is -2.30. The van der Waals surface area contributed by atoms with E-state index in [1.807, 2.05) is 0 Å². The molecule has 16 heavy (non-hydrogen) atoms. The summed E-state index contributed by atoms with van der Waals surface area (Å²) in [5, 5.41) is 0.539. The molecule has 1 aromatic carbocycles. The molecule has 88 valence electrons. The van der Waals surface area contributed by atoms with Crippen LogP contribution in [-0.2, 0) is 0 Å². The Morgan fingerprint density at radius 3 is 2.44 bits per heavy atom. The summed E-state index contributed by atoms with van der Waals surface area (Å²) in [6, 6.07) is 6.37. The van der Waals surface area contributed by atoms with E-state index in [1.165, 1.54) is 11.9 Å². The molecule has 0 N–H and O–H groups in total. The lowest BCUT2D eigenvalue weighted by atomic mass is 10.1. The second-order valence-electron chi connectivity index (χ2n) is 3.52. The van der Waals surface area contributed by atoms with Crippen LogP contribution < -0.4 is 0 Å². The monoisotopic (exact) mass is 247 g/mol. The molecule has 0 heterocycles. The zero-order valence-electron chi connectivity index (χ0n) is 8.79. The summed E-state index contributed by atoms with van der Waals surface area (Å²) in [7, 11) is 1.49. The van der Waals surface area contributed by atoms with E-state index >= 15 is 0 Å². The molecule has 0 aromatic heterocycles. The van der Waals surface area contributed by atoms with Gasteiger partial charge in [-0.05, 0) is 31.3 Å². The van der Waals surface area contributed by atoms with Crippen molar-refractivity contribution in [3.8, 4) is 0 Å². The minimum Gasteiger partial charge on any atom is -0.293 e. The SMILES string of the molecule is CN(CC(=O)c1ccc(Cl)cc1)CC(F)F. The van der Waals surface area contributed by atoms with Crippen LogP contribution in [0.1, 0.15) is 10.4 Å². The summed E-state index contributed by atoms with van der Waals surface area (Å²) in [5.41, 5.74) is 0.477. The number of nitrogens with zero attached hydrogens (tertiary/aromatic N) is 1. The van der Waals surface area contributed by atoms with Crippen molar-refractivity contribution in [1.82, 2.24) is 4.90 Å². The molecule has 0 aliphatic heterocycles. The van der Waals surface area contributed by atoms with Gasteiger partial charge in [0.15, 0.2) is 5.78 Å². The van der Waals surface area contributed by atoms with Gasteiger partial charge in [0.05, 0.1) is 13.1 Å². The first kappa shape index (κ1) is 13.1. The van der Waals surface area contributed by atoms with Gasteiger partial charge in [0.1, 0.15) is 0 Å². The first-order valence-electron chi connectivity index (χ1n) is 4.74. The van der Waals surface area contributed by atoms with Gasteiger partial charge in [0.25, 0.3) is 6.43 Å². The molecule has 0 fully saturated rings. The van der Waals surface area contributed by atoms with Crippen molar-refractivity contribution in [2.24, 2.45) is 0 Å². The van der Waals surface area contributed by atoms with Gasteiger partial charge in [0.2, 0.25) is 0 Å². The maximum absolute atomic E-state index is 12.0. The average Bonchev–Trinajstić information content (AvgIpc) is 2.16. The zero-order chi connectivity index (χ0) is 12.1. The molecule has 2 nitrogen and oxygen atoms in total. The van der Waals surface area contributed by atoms with Crippen molar-refractivity contribution >= 4 is 17.4 Å². The number of benzene rings is 1.